The molecular formula is C26H25ClN2O5. The van der Waals surface area contributed by atoms with E-state index in [4.69, 9.17) is 25.8 Å². The van der Waals surface area contributed by atoms with Crippen LogP contribution in [0.25, 0.3) is 0 Å². The van der Waals surface area contributed by atoms with Crippen molar-refractivity contribution < 1.29 is 23.8 Å². The minimum atomic E-state index is -0.768. The molecule has 0 saturated heterocycles. The van der Waals surface area contributed by atoms with Gasteiger partial charge in [0.15, 0.2) is 17.6 Å². The summed E-state index contributed by atoms with van der Waals surface area (Å²) in [4.78, 5) is 24.7. The van der Waals surface area contributed by atoms with Crippen LogP contribution in [0.4, 0.5) is 0 Å². The van der Waals surface area contributed by atoms with E-state index in [9.17, 15) is 9.59 Å². The Bertz CT molecular complexity index is 1210. The number of benzene rings is 3. The topological polar surface area (TPSA) is 86.2 Å². The van der Waals surface area contributed by atoms with Gasteiger partial charge >= 0.3 is 5.97 Å². The number of aryl methyl sites for hydroxylation is 2. The fourth-order valence-corrected chi connectivity index (χ4v) is 3.17. The van der Waals surface area contributed by atoms with E-state index in [0.717, 1.165) is 11.1 Å². The summed E-state index contributed by atoms with van der Waals surface area (Å²) in [5.41, 5.74) is 5.39. The summed E-state index contributed by atoms with van der Waals surface area (Å²) < 4.78 is 16.5. The zero-order valence-electron chi connectivity index (χ0n) is 19.3. The van der Waals surface area contributed by atoms with Crippen LogP contribution in [0, 0.1) is 13.8 Å². The maximum atomic E-state index is 12.4. The number of nitrogens with zero attached hydrogens (tertiary/aromatic N) is 1. The summed E-state index contributed by atoms with van der Waals surface area (Å²) in [5, 5.41) is 4.57. The van der Waals surface area contributed by atoms with Gasteiger partial charge < -0.3 is 14.2 Å². The molecule has 1 N–H and O–H groups in total. The standard InChI is InChI=1S/C26H25ClN2O5/c1-16-5-8-20(9-6-16)26(31)34-23-11-7-19(14-24(23)32-4)15-28-29-25(30)18(3)33-22-12-10-21(27)13-17(22)2/h5-15,18H,1-4H3,(H,29,30). The first-order chi connectivity index (χ1) is 16.3. The first kappa shape index (κ1) is 24.8. The normalized spacial score (nSPS) is 11.7. The second-order valence-electron chi connectivity index (χ2n) is 7.57. The predicted molar refractivity (Wildman–Crippen MR) is 131 cm³/mol. The van der Waals surface area contributed by atoms with Gasteiger partial charge in [-0.15, -0.1) is 0 Å². The number of rotatable bonds is 8. The van der Waals surface area contributed by atoms with Gasteiger partial charge in [0.2, 0.25) is 0 Å². The molecule has 0 spiro atoms. The molecule has 0 bridgehead atoms. The SMILES string of the molecule is COc1cc(C=NNC(=O)C(C)Oc2ccc(Cl)cc2C)ccc1OC(=O)c1ccc(C)cc1. The molecule has 34 heavy (non-hydrogen) atoms. The summed E-state index contributed by atoms with van der Waals surface area (Å²) in [6.07, 6.45) is 0.682. The number of carbonyl (C=O) groups excluding carboxylic acids is 2. The number of halogens is 1. The Morgan fingerprint density at radius 2 is 1.68 bits per heavy atom. The van der Waals surface area contributed by atoms with Crippen LogP contribution in [0.2, 0.25) is 5.02 Å². The van der Waals surface area contributed by atoms with Gasteiger partial charge in [0.1, 0.15) is 5.75 Å². The number of carbonyl (C=O) groups is 2. The number of methoxy groups -OCH3 is 1. The van der Waals surface area contributed by atoms with Crippen molar-refractivity contribution in [3.8, 4) is 17.2 Å². The Balaban J connectivity index is 1.60. The molecule has 1 atom stereocenters. The van der Waals surface area contributed by atoms with E-state index >= 15 is 0 Å². The number of amides is 1. The molecule has 0 aliphatic rings. The lowest BCUT2D eigenvalue weighted by atomic mass is 10.1. The predicted octanol–water partition coefficient (Wildman–Crippen LogP) is 5.10. The molecule has 0 aliphatic heterocycles. The third-order valence-electron chi connectivity index (χ3n) is 4.88. The molecule has 3 rings (SSSR count). The molecule has 1 unspecified atom stereocenters. The molecule has 0 heterocycles. The molecule has 3 aromatic rings. The fraction of sp³-hybridized carbons (Fsp3) is 0.192. The Labute approximate surface area is 203 Å². The van der Waals surface area contributed by atoms with Crippen molar-refractivity contribution in [3.05, 3.63) is 87.9 Å². The van der Waals surface area contributed by atoms with Gasteiger partial charge in [-0.3, -0.25) is 4.79 Å². The average Bonchev–Trinajstić information content (AvgIpc) is 2.81. The van der Waals surface area contributed by atoms with E-state index < -0.39 is 18.0 Å². The maximum absolute atomic E-state index is 12.4. The third kappa shape index (κ3) is 6.59. The van der Waals surface area contributed by atoms with Crippen molar-refractivity contribution in [1.29, 1.82) is 0 Å². The van der Waals surface area contributed by atoms with Crippen LogP contribution in [-0.4, -0.2) is 31.3 Å². The molecule has 0 radical (unpaired) electrons. The van der Waals surface area contributed by atoms with Gasteiger partial charge in [-0.05, 0) is 80.4 Å². The van der Waals surface area contributed by atoms with Crippen molar-refractivity contribution in [3.63, 3.8) is 0 Å². The molecule has 0 saturated carbocycles. The van der Waals surface area contributed by atoms with Gasteiger partial charge in [0.25, 0.3) is 5.91 Å². The quantitative estimate of drug-likeness (QED) is 0.210. The third-order valence-corrected chi connectivity index (χ3v) is 5.11. The molecule has 8 heteroatoms. The van der Waals surface area contributed by atoms with Crippen LogP contribution in [0.3, 0.4) is 0 Å². The van der Waals surface area contributed by atoms with Crippen molar-refractivity contribution in [1.82, 2.24) is 5.43 Å². The van der Waals surface area contributed by atoms with Crippen molar-refractivity contribution >= 4 is 29.7 Å². The summed E-state index contributed by atoms with van der Waals surface area (Å²) in [6.45, 7) is 5.41. The van der Waals surface area contributed by atoms with Crippen molar-refractivity contribution in [2.45, 2.75) is 26.9 Å². The number of esters is 1. The van der Waals surface area contributed by atoms with Crippen LogP contribution >= 0.6 is 11.6 Å². The molecular weight excluding hydrogens is 456 g/mol. The average molecular weight is 481 g/mol. The Kier molecular flexibility index (Phi) is 8.27. The minimum Gasteiger partial charge on any atom is -0.493 e. The van der Waals surface area contributed by atoms with Gasteiger partial charge in [0.05, 0.1) is 18.9 Å². The van der Waals surface area contributed by atoms with Crippen molar-refractivity contribution in [2.75, 3.05) is 7.11 Å². The Morgan fingerprint density at radius 3 is 2.35 bits per heavy atom. The van der Waals surface area contributed by atoms with E-state index in [-0.39, 0.29) is 5.75 Å². The van der Waals surface area contributed by atoms with Gasteiger partial charge in [-0.25, -0.2) is 10.2 Å². The lowest BCUT2D eigenvalue weighted by molar-refractivity contribution is -0.127. The number of hydrogen-bond donors (Lipinski definition) is 1. The van der Waals surface area contributed by atoms with Crippen LogP contribution in [0.5, 0.6) is 17.2 Å². The molecule has 1 amide bonds. The monoisotopic (exact) mass is 480 g/mol. The smallest absolute Gasteiger partial charge is 0.343 e. The zero-order valence-corrected chi connectivity index (χ0v) is 20.1. The molecule has 176 valence electrons. The number of ether oxygens (including phenoxy) is 3. The molecule has 0 fully saturated rings. The van der Waals surface area contributed by atoms with Gasteiger partial charge in [-0.1, -0.05) is 29.3 Å². The fourth-order valence-electron chi connectivity index (χ4n) is 2.95. The highest BCUT2D eigenvalue weighted by molar-refractivity contribution is 6.30. The molecule has 7 nitrogen and oxygen atoms in total. The number of nitrogens with one attached hydrogen (secondary N) is 1. The van der Waals surface area contributed by atoms with Crippen LogP contribution in [0.1, 0.15) is 34.0 Å². The highest BCUT2D eigenvalue weighted by Crippen LogP contribution is 2.28. The molecule has 0 aliphatic carbocycles. The molecule has 3 aromatic carbocycles. The van der Waals surface area contributed by atoms with Crippen LogP contribution in [-0.2, 0) is 4.79 Å². The summed E-state index contributed by atoms with van der Waals surface area (Å²) in [6, 6.07) is 17.2. The van der Waals surface area contributed by atoms with E-state index in [1.807, 2.05) is 26.0 Å². The highest BCUT2D eigenvalue weighted by atomic mass is 35.5. The summed E-state index contributed by atoms with van der Waals surface area (Å²) in [7, 11) is 1.47. The lowest BCUT2D eigenvalue weighted by Crippen LogP contribution is -2.33. The van der Waals surface area contributed by atoms with E-state index in [0.29, 0.717) is 27.6 Å². The van der Waals surface area contributed by atoms with E-state index in [2.05, 4.69) is 10.5 Å². The number of hydrazone groups is 1. The minimum absolute atomic E-state index is 0.273. The first-order valence-corrected chi connectivity index (χ1v) is 10.9. The number of hydrogen-bond acceptors (Lipinski definition) is 6. The largest absolute Gasteiger partial charge is 0.493 e. The Morgan fingerprint density at radius 1 is 0.971 bits per heavy atom. The van der Waals surface area contributed by atoms with Gasteiger partial charge in [-0.2, -0.15) is 5.10 Å². The van der Waals surface area contributed by atoms with E-state index in [1.54, 1.807) is 55.5 Å². The summed E-state index contributed by atoms with van der Waals surface area (Å²) >= 11 is 5.94. The van der Waals surface area contributed by atoms with Crippen LogP contribution in [0.15, 0.2) is 65.8 Å². The zero-order chi connectivity index (χ0) is 24.7. The Hall–Kier alpha value is -3.84. The highest BCUT2D eigenvalue weighted by Gasteiger charge is 2.16. The lowest BCUT2D eigenvalue weighted by Gasteiger charge is -2.15. The second-order valence-corrected chi connectivity index (χ2v) is 8.01. The summed E-state index contributed by atoms with van der Waals surface area (Å²) in [5.74, 6) is 0.287. The van der Waals surface area contributed by atoms with Crippen molar-refractivity contribution in [2.24, 2.45) is 5.10 Å². The van der Waals surface area contributed by atoms with Gasteiger partial charge in [0, 0.05) is 5.02 Å². The maximum Gasteiger partial charge on any atom is 0.343 e. The van der Waals surface area contributed by atoms with E-state index in [1.165, 1.54) is 13.3 Å². The van der Waals surface area contributed by atoms with Crippen LogP contribution < -0.4 is 19.6 Å². The molecule has 0 aromatic heterocycles. The second kappa shape index (κ2) is 11.3. The first-order valence-electron chi connectivity index (χ1n) is 10.5.